The number of nitrogens with one attached hydrogen (secondary N) is 1. The van der Waals surface area contributed by atoms with E-state index < -0.39 is 22.7 Å². The maximum atomic E-state index is 14.6. The molecule has 33 heavy (non-hydrogen) atoms. The zero-order chi connectivity index (χ0) is 23.5. The van der Waals surface area contributed by atoms with Crippen molar-refractivity contribution in [1.29, 1.82) is 0 Å². The van der Waals surface area contributed by atoms with E-state index in [1.165, 1.54) is 24.5 Å². The van der Waals surface area contributed by atoms with Gasteiger partial charge in [0, 0.05) is 23.9 Å². The van der Waals surface area contributed by atoms with Crippen molar-refractivity contribution in [1.82, 2.24) is 9.62 Å². The fraction of sp³-hybridized carbons (Fsp3) is 0.458. The lowest BCUT2D eigenvalue weighted by atomic mass is 9.97. The van der Waals surface area contributed by atoms with Gasteiger partial charge in [-0.2, -0.15) is 0 Å². The van der Waals surface area contributed by atoms with E-state index in [0.717, 1.165) is 49.9 Å². The van der Waals surface area contributed by atoms with Crippen LogP contribution in [0.1, 0.15) is 53.1 Å². The molecule has 9 heteroatoms. The van der Waals surface area contributed by atoms with Crippen LogP contribution in [0.15, 0.2) is 30.3 Å². The summed E-state index contributed by atoms with van der Waals surface area (Å²) < 4.78 is 47.4. The number of nitrogens with zero attached hydrogens (tertiary/aromatic N) is 1. The first-order valence-electron chi connectivity index (χ1n) is 11.1. The number of amides is 1. The van der Waals surface area contributed by atoms with Gasteiger partial charge in [0.15, 0.2) is 0 Å². The van der Waals surface area contributed by atoms with Gasteiger partial charge in [-0.25, -0.2) is 13.0 Å². The first kappa shape index (κ1) is 24.1. The molecule has 1 aliphatic heterocycles. The summed E-state index contributed by atoms with van der Waals surface area (Å²) >= 11 is 6.15. The SMILES string of the molecule is CS(=O)NC(=O)c1cc(C2CC2)c(OCC2CCN(Cc3ccc(F)cc3Cl)CC2)cc1F. The van der Waals surface area contributed by atoms with Crippen molar-refractivity contribution in [2.24, 2.45) is 5.92 Å². The number of piperidine rings is 1. The number of benzene rings is 2. The zero-order valence-electron chi connectivity index (χ0n) is 18.4. The third-order valence-electron chi connectivity index (χ3n) is 6.19. The highest BCUT2D eigenvalue weighted by molar-refractivity contribution is 7.82. The molecule has 0 bridgehead atoms. The summed E-state index contributed by atoms with van der Waals surface area (Å²) in [6.07, 6.45) is 5.15. The molecule has 1 N–H and O–H groups in total. The highest BCUT2D eigenvalue weighted by Gasteiger charge is 2.30. The van der Waals surface area contributed by atoms with Gasteiger partial charge >= 0.3 is 0 Å². The first-order valence-corrected chi connectivity index (χ1v) is 13.0. The maximum absolute atomic E-state index is 14.6. The number of carbonyl (C=O) groups is 1. The van der Waals surface area contributed by atoms with Crippen LogP contribution in [-0.4, -0.2) is 41.0 Å². The molecule has 1 aliphatic carbocycles. The molecule has 4 rings (SSSR count). The summed E-state index contributed by atoms with van der Waals surface area (Å²) in [7, 11) is -1.56. The Morgan fingerprint density at radius 3 is 2.55 bits per heavy atom. The van der Waals surface area contributed by atoms with Gasteiger partial charge in [-0.05, 0) is 79.9 Å². The first-order chi connectivity index (χ1) is 15.8. The topological polar surface area (TPSA) is 58.6 Å². The smallest absolute Gasteiger partial charge is 0.265 e. The second-order valence-electron chi connectivity index (χ2n) is 8.80. The third-order valence-corrected chi connectivity index (χ3v) is 7.01. The van der Waals surface area contributed by atoms with E-state index in [-0.39, 0.29) is 17.3 Å². The summed E-state index contributed by atoms with van der Waals surface area (Å²) in [6, 6.07) is 7.31. The highest BCUT2D eigenvalue weighted by atomic mass is 35.5. The van der Waals surface area contributed by atoms with Gasteiger partial charge in [0.2, 0.25) is 0 Å². The van der Waals surface area contributed by atoms with Gasteiger partial charge in [-0.3, -0.25) is 14.4 Å². The minimum Gasteiger partial charge on any atom is -0.493 e. The molecule has 0 aromatic heterocycles. The van der Waals surface area contributed by atoms with Crippen LogP contribution < -0.4 is 9.46 Å². The Kier molecular flexibility index (Phi) is 7.66. The van der Waals surface area contributed by atoms with Crippen LogP contribution in [0.3, 0.4) is 0 Å². The van der Waals surface area contributed by atoms with Crippen LogP contribution in [0.4, 0.5) is 8.78 Å². The van der Waals surface area contributed by atoms with E-state index >= 15 is 0 Å². The predicted octanol–water partition coefficient (Wildman–Crippen LogP) is 4.81. The molecule has 0 spiro atoms. The van der Waals surface area contributed by atoms with E-state index in [2.05, 4.69) is 9.62 Å². The van der Waals surface area contributed by atoms with Crippen molar-refractivity contribution >= 4 is 28.5 Å². The van der Waals surface area contributed by atoms with Gasteiger partial charge in [0.25, 0.3) is 5.91 Å². The molecule has 2 fully saturated rings. The standard InChI is InChI=1S/C24H27ClF2N2O3S/c1-33(31)28-24(30)20-11-19(16-2-3-16)23(12-22(20)27)32-14-15-6-8-29(9-7-15)13-17-4-5-18(26)10-21(17)25/h4-5,10-12,15-16H,2-3,6-9,13-14H2,1H3,(H,28,30). The number of likely N-dealkylation sites (tertiary alicyclic amines) is 1. The summed E-state index contributed by atoms with van der Waals surface area (Å²) in [5, 5.41) is 0.442. The molecule has 5 nitrogen and oxygen atoms in total. The minimum atomic E-state index is -1.56. The summed E-state index contributed by atoms with van der Waals surface area (Å²) in [5.74, 6) is -0.605. The third kappa shape index (κ3) is 6.31. The molecule has 2 aliphatic rings. The van der Waals surface area contributed by atoms with Gasteiger partial charge in [0.05, 0.1) is 12.2 Å². The van der Waals surface area contributed by atoms with Crippen molar-refractivity contribution in [3.05, 3.63) is 63.7 Å². The van der Waals surface area contributed by atoms with Gasteiger partial charge in [-0.15, -0.1) is 0 Å². The molecular weight excluding hydrogens is 470 g/mol. The van der Waals surface area contributed by atoms with Gasteiger partial charge in [0.1, 0.15) is 28.4 Å². The van der Waals surface area contributed by atoms with E-state index in [9.17, 15) is 17.8 Å². The Balaban J connectivity index is 1.34. The maximum Gasteiger partial charge on any atom is 0.265 e. The lowest BCUT2D eigenvalue weighted by molar-refractivity contribution is 0.0979. The molecule has 1 heterocycles. The van der Waals surface area contributed by atoms with Crippen molar-refractivity contribution in [3.63, 3.8) is 0 Å². The number of hydrogen-bond acceptors (Lipinski definition) is 4. The predicted molar refractivity (Wildman–Crippen MR) is 125 cm³/mol. The number of halogens is 3. The molecule has 1 saturated carbocycles. The number of rotatable bonds is 8. The summed E-state index contributed by atoms with van der Waals surface area (Å²) in [6.45, 7) is 2.91. The van der Waals surface area contributed by atoms with Crippen LogP contribution in [0.25, 0.3) is 0 Å². The number of ether oxygens (including phenoxy) is 1. The van der Waals surface area contributed by atoms with Crippen molar-refractivity contribution in [3.8, 4) is 5.75 Å². The van der Waals surface area contributed by atoms with Crippen LogP contribution in [0, 0.1) is 17.6 Å². The second kappa shape index (κ2) is 10.5. The van der Waals surface area contributed by atoms with Crippen molar-refractivity contribution < 1.29 is 22.5 Å². The fourth-order valence-corrected chi connectivity index (χ4v) is 4.78. The largest absolute Gasteiger partial charge is 0.493 e. The summed E-state index contributed by atoms with van der Waals surface area (Å²) in [4.78, 5) is 14.5. The number of hydrogen-bond donors (Lipinski definition) is 1. The van der Waals surface area contributed by atoms with Gasteiger partial charge in [-0.1, -0.05) is 17.7 Å². The molecule has 0 radical (unpaired) electrons. The van der Waals surface area contributed by atoms with Crippen LogP contribution in [0.2, 0.25) is 5.02 Å². The van der Waals surface area contributed by atoms with Crippen molar-refractivity contribution in [2.75, 3.05) is 26.0 Å². The average Bonchev–Trinajstić information content (AvgIpc) is 3.60. The summed E-state index contributed by atoms with van der Waals surface area (Å²) in [5.41, 5.74) is 1.65. The normalized spacial score (nSPS) is 18.2. The van der Waals surface area contributed by atoms with E-state index in [1.54, 1.807) is 12.1 Å². The van der Waals surface area contributed by atoms with Crippen LogP contribution in [0.5, 0.6) is 5.75 Å². The van der Waals surface area contributed by atoms with Crippen molar-refractivity contribution in [2.45, 2.75) is 38.1 Å². The molecule has 1 unspecified atom stereocenters. The average molecular weight is 497 g/mol. The molecule has 1 atom stereocenters. The second-order valence-corrected chi connectivity index (χ2v) is 10.3. The van der Waals surface area contributed by atoms with Crippen LogP contribution >= 0.6 is 11.6 Å². The molecule has 2 aromatic rings. The lowest BCUT2D eigenvalue weighted by Gasteiger charge is -2.32. The Hall–Kier alpha value is -2.03. The van der Waals surface area contributed by atoms with E-state index in [1.807, 2.05) is 0 Å². The Bertz CT molecular complexity index is 1060. The lowest BCUT2D eigenvalue weighted by Crippen LogP contribution is -2.35. The Morgan fingerprint density at radius 2 is 1.91 bits per heavy atom. The molecular formula is C24H27ClF2N2O3S. The fourth-order valence-electron chi connectivity index (χ4n) is 4.18. The quantitative estimate of drug-likeness (QED) is 0.570. The Labute approximate surface area is 200 Å². The highest BCUT2D eigenvalue weighted by Crippen LogP contribution is 2.45. The number of carbonyl (C=O) groups excluding carboxylic acids is 1. The van der Waals surface area contributed by atoms with Gasteiger partial charge < -0.3 is 4.74 Å². The molecule has 178 valence electrons. The molecule has 1 amide bonds. The molecule has 1 saturated heterocycles. The Morgan fingerprint density at radius 1 is 1.18 bits per heavy atom. The monoisotopic (exact) mass is 496 g/mol. The van der Waals surface area contributed by atoms with E-state index in [0.29, 0.717) is 29.8 Å². The zero-order valence-corrected chi connectivity index (χ0v) is 20.0. The van der Waals surface area contributed by atoms with E-state index in [4.69, 9.17) is 16.3 Å². The minimum absolute atomic E-state index is 0.104. The molecule has 2 aromatic carbocycles. The van der Waals surface area contributed by atoms with Crippen LogP contribution in [-0.2, 0) is 17.5 Å².